The molecule has 0 bridgehead atoms. The van der Waals surface area contributed by atoms with Crippen molar-refractivity contribution in [3.05, 3.63) is 76.3 Å². The average Bonchev–Trinajstić information content (AvgIpc) is 2.51. The van der Waals surface area contributed by atoms with Crippen molar-refractivity contribution in [3.8, 4) is 0 Å². The van der Waals surface area contributed by atoms with E-state index in [2.05, 4.69) is 0 Å². The fraction of sp³-hybridized carbons (Fsp3) is 0. The van der Waals surface area contributed by atoms with Crippen LogP contribution in [0.25, 0.3) is 10.8 Å². The predicted octanol–water partition coefficient (Wildman–Crippen LogP) is 4.51. The van der Waals surface area contributed by atoms with Gasteiger partial charge in [-0.3, -0.25) is 4.79 Å². The van der Waals surface area contributed by atoms with E-state index < -0.39 is 0 Å². The zero-order valence-corrected chi connectivity index (χ0v) is 13.1. The van der Waals surface area contributed by atoms with Crippen LogP contribution in [-0.2, 0) is 0 Å². The molecule has 0 saturated carbocycles. The van der Waals surface area contributed by atoms with Gasteiger partial charge < -0.3 is 11.5 Å². The first-order valence-electron chi connectivity index (χ1n) is 6.46. The number of rotatable bonds is 1. The van der Waals surface area contributed by atoms with Gasteiger partial charge in [-0.15, -0.1) is 0 Å². The van der Waals surface area contributed by atoms with Gasteiger partial charge in [0.15, 0.2) is 0 Å². The number of fused-ring (bicyclic) bond motifs is 1. The van der Waals surface area contributed by atoms with Crippen molar-refractivity contribution in [3.63, 3.8) is 0 Å². The molecule has 0 spiro atoms. The lowest BCUT2D eigenvalue weighted by Crippen LogP contribution is -2.10. The summed E-state index contributed by atoms with van der Waals surface area (Å²) < 4.78 is 0. The molecule has 1 amide bonds. The Balaban J connectivity index is 0.000000172. The van der Waals surface area contributed by atoms with Gasteiger partial charge in [0.2, 0.25) is 5.91 Å². The Kier molecular flexibility index (Phi) is 5.26. The molecule has 5 heteroatoms. The maximum Gasteiger partial charge on any atom is 0.248 e. The molecule has 0 fully saturated rings. The molecule has 0 aliphatic rings. The smallest absolute Gasteiger partial charge is 0.248 e. The monoisotopic (exact) mass is 332 g/mol. The van der Waals surface area contributed by atoms with Crippen LogP contribution < -0.4 is 11.5 Å². The molecule has 3 rings (SSSR count). The number of carbonyl (C=O) groups is 1. The highest BCUT2D eigenvalue weighted by atomic mass is 35.5. The van der Waals surface area contributed by atoms with Crippen LogP contribution in [0.5, 0.6) is 0 Å². The highest BCUT2D eigenvalue weighted by molar-refractivity contribution is 6.35. The zero-order valence-electron chi connectivity index (χ0n) is 11.6. The normalized spacial score (nSPS) is 9.91. The second-order valence-electron chi connectivity index (χ2n) is 4.59. The highest BCUT2D eigenvalue weighted by Crippen LogP contribution is 2.21. The molecule has 0 atom stereocenters. The minimum Gasteiger partial charge on any atom is -0.397 e. The quantitative estimate of drug-likeness (QED) is 0.643. The Hall–Kier alpha value is -2.23. The maximum absolute atomic E-state index is 10.9. The summed E-state index contributed by atoms with van der Waals surface area (Å²) in [5.74, 6) is -0.384. The first-order chi connectivity index (χ1) is 10.5. The molecular weight excluding hydrogens is 319 g/mol. The number of halogens is 2. The molecule has 3 aromatic carbocycles. The van der Waals surface area contributed by atoms with Crippen LogP contribution in [0.15, 0.2) is 60.7 Å². The average molecular weight is 333 g/mol. The van der Waals surface area contributed by atoms with Crippen LogP contribution in [0.2, 0.25) is 10.0 Å². The SMILES string of the molecule is NC(=O)c1ccc2ccccc2c1.Nc1cc(Cl)ccc1Cl. The van der Waals surface area contributed by atoms with Gasteiger partial charge in [0.05, 0.1) is 10.7 Å². The van der Waals surface area contributed by atoms with E-state index in [4.69, 9.17) is 34.7 Å². The van der Waals surface area contributed by atoms with Crippen molar-refractivity contribution in [1.82, 2.24) is 0 Å². The van der Waals surface area contributed by atoms with Crippen molar-refractivity contribution in [1.29, 1.82) is 0 Å². The molecule has 0 heterocycles. The Morgan fingerprint density at radius 1 is 0.864 bits per heavy atom. The van der Waals surface area contributed by atoms with Crippen LogP contribution in [0, 0.1) is 0 Å². The van der Waals surface area contributed by atoms with Gasteiger partial charge in [0.1, 0.15) is 0 Å². The number of amides is 1. The number of benzene rings is 3. The second-order valence-corrected chi connectivity index (χ2v) is 5.44. The highest BCUT2D eigenvalue weighted by Gasteiger charge is 1.99. The third kappa shape index (κ3) is 4.13. The number of primary amides is 1. The number of hydrogen-bond acceptors (Lipinski definition) is 2. The molecule has 0 radical (unpaired) electrons. The number of nitrogen functional groups attached to an aromatic ring is 1. The van der Waals surface area contributed by atoms with Gasteiger partial charge in [-0.2, -0.15) is 0 Å². The largest absolute Gasteiger partial charge is 0.397 e. The maximum atomic E-state index is 10.9. The lowest BCUT2D eigenvalue weighted by molar-refractivity contribution is 0.100. The molecule has 0 aromatic heterocycles. The van der Waals surface area contributed by atoms with Crippen LogP contribution in [-0.4, -0.2) is 5.91 Å². The van der Waals surface area contributed by atoms with Crippen molar-refractivity contribution >= 4 is 45.6 Å². The predicted molar refractivity (Wildman–Crippen MR) is 93.3 cm³/mol. The van der Waals surface area contributed by atoms with Gasteiger partial charge in [-0.05, 0) is 41.1 Å². The Bertz CT molecular complexity index is 819. The lowest BCUT2D eigenvalue weighted by Gasteiger charge is -1.98. The van der Waals surface area contributed by atoms with Gasteiger partial charge in [-0.25, -0.2) is 0 Å². The van der Waals surface area contributed by atoms with E-state index in [0.29, 0.717) is 21.3 Å². The molecule has 22 heavy (non-hydrogen) atoms. The van der Waals surface area contributed by atoms with E-state index in [1.54, 1.807) is 30.3 Å². The van der Waals surface area contributed by atoms with Crippen LogP contribution in [0.1, 0.15) is 10.4 Å². The molecule has 0 unspecified atom stereocenters. The summed E-state index contributed by atoms with van der Waals surface area (Å²) >= 11 is 11.2. The van der Waals surface area contributed by atoms with E-state index in [9.17, 15) is 4.79 Å². The van der Waals surface area contributed by atoms with Gasteiger partial charge >= 0.3 is 0 Å². The summed E-state index contributed by atoms with van der Waals surface area (Å²) in [7, 11) is 0. The summed E-state index contributed by atoms with van der Waals surface area (Å²) in [4.78, 5) is 10.9. The second kappa shape index (κ2) is 7.16. The number of anilines is 1. The van der Waals surface area contributed by atoms with E-state index >= 15 is 0 Å². The molecule has 0 saturated heterocycles. The van der Waals surface area contributed by atoms with Crippen LogP contribution >= 0.6 is 23.2 Å². The summed E-state index contributed by atoms with van der Waals surface area (Å²) in [5, 5.41) is 3.31. The lowest BCUT2D eigenvalue weighted by atomic mass is 10.1. The van der Waals surface area contributed by atoms with E-state index in [1.807, 2.05) is 30.3 Å². The minimum atomic E-state index is -0.384. The number of hydrogen-bond donors (Lipinski definition) is 2. The zero-order chi connectivity index (χ0) is 16.1. The van der Waals surface area contributed by atoms with E-state index in [-0.39, 0.29) is 5.91 Å². The van der Waals surface area contributed by atoms with Crippen molar-refractivity contribution in [2.45, 2.75) is 0 Å². The first kappa shape index (κ1) is 16.1. The summed E-state index contributed by atoms with van der Waals surface area (Å²) in [5.41, 5.74) is 11.6. The van der Waals surface area contributed by atoms with E-state index in [0.717, 1.165) is 10.8 Å². The Morgan fingerprint density at radius 3 is 2.14 bits per heavy atom. The van der Waals surface area contributed by atoms with E-state index in [1.165, 1.54) is 0 Å². The third-order valence-electron chi connectivity index (χ3n) is 2.99. The van der Waals surface area contributed by atoms with Gasteiger partial charge in [-0.1, -0.05) is 53.5 Å². The van der Waals surface area contributed by atoms with Crippen LogP contribution in [0.4, 0.5) is 5.69 Å². The fourth-order valence-electron chi connectivity index (χ4n) is 1.86. The molecule has 112 valence electrons. The van der Waals surface area contributed by atoms with Crippen LogP contribution in [0.3, 0.4) is 0 Å². The summed E-state index contributed by atoms with van der Waals surface area (Å²) in [6.07, 6.45) is 0. The molecule has 0 aliphatic heterocycles. The summed E-state index contributed by atoms with van der Waals surface area (Å²) in [6, 6.07) is 18.3. The molecule has 0 aliphatic carbocycles. The fourth-order valence-corrected chi connectivity index (χ4v) is 2.16. The first-order valence-corrected chi connectivity index (χ1v) is 7.22. The molecule has 3 aromatic rings. The van der Waals surface area contributed by atoms with Gasteiger partial charge in [0, 0.05) is 10.6 Å². The minimum absolute atomic E-state index is 0.384. The Morgan fingerprint density at radius 2 is 1.55 bits per heavy atom. The van der Waals surface area contributed by atoms with Crippen molar-refractivity contribution in [2.75, 3.05) is 5.73 Å². The topological polar surface area (TPSA) is 69.1 Å². The standard InChI is InChI=1S/C11H9NO.C6H5Cl2N/c12-11(13)10-6-5-8-3-1-2-4-9(8)7-10;7-4-1-2-5(8)6(9)3-4/h1-7H,(H2,12,13);1-3H,9H2. The number of nitrogens with two attached hydrogens (primary N) is 2. The van der Waals surface area contributed by atoms with Crippen molar-refractivity contribution in [2.24, 2.45) is 5.73 Å². The number of carbonyl (C=O) groups excluding carboxylic acids is 1. The van der Waals surface area contributed by atoms with Gasteiger partial charge in [0.25, 0.3) is 0 Å². The molecular formula is C17H14Cl2N2O. The molecule has 4 N–H and O–H groups in total. The summed E-state index contributed by atoms with van der Waals surface area (Å²) in [6.45, 7) is 0. The third-order valence-corrected chi connectivity index (χ3v) is 3.57. The Labute approximate surface area is 138 Å². The van der Waals surface area contributed by atoms with Crippen molar-refractivity contribution < 1.29 is 4.79 Å². The molecule has 3 nitrogen and oxygen atoms in total.